The van der Waals surface area contributed by atoms with E-state index in [4.69, 9.17) is 11.6 Å². The molecule has 0 unspecified atom stereocenters. The van der Waals surface area contributed by atoms with Crippen LogP contribution in [0, 0.1) is 6.20 Å². The Hall–Kier alpha value is 0.0139. The van der Waals surface area contributed by atoms with Gasteiger partial charge in [0, 0.05) is 32.7 Å². The second-order valence-corrected chi connectivity index (χ2v) is 2.16. The Kier molecular flexibility index (Phi) is 2.99. The van der Waals surface area contributed by atoms with Crippen molar-refractivity contribution in [1.29, 1.82) is 0 Å². The SMILES string of the molecule is Clc1nccn2[c-]cnc12.[Y]. The maximum Gasteiger partial charge on any atom is 0.115 e. The van der Waals surface area contributed by atoms with Crippen LogP contribution >= 0.6 is 11.6 Å². The van der Waals surface area contributed by atoms with Crippen LogP contribution in [-0.2, 0) is 32.7 Å². The molecule has 2 heterocycles. The molecule has 0 bridgehead atoms. The Morgan fingerprint density at radius 3 is 3.00 bits per heavy atom. The Bertz CT molecular complexity index is 359. The third-order valence-corrected chi connectivity index (χ3v) is 1.47. The van der Waals surface area contributed by atoms with E-state index >= 15 is 0 Å². The monoisotopic (exact) mass is 241 g/mol. The van der Waals surface area contributed by atoms with Crippen LogP contribution in [0.2, 0.25) is 5.15 Å². The number of halogens is 1. The molecule has 2 rings (SSSR count). The van der Waals surface area contributed by atoms with Crippen LogP contribution in [0.5, 0.6) is 0 Å². The second kappa shape index (κ2) is 3.61. The number of imidazole rings is 1. The first-order valence-corrected chi connectivity index (χ1v) is 3.11. The van der Waals surface area contributed by atoms with Gasteiger partial charge < -0.3 is 9.38 Å². The van der Waals surface area contributed by atoms with Gasteiger partial charge in [-0.3, -0.25) is 4.98 Å². The summed E-state index contributed by atoms with van der Waals surface area (Å²) < 4.78 is 1.69. The minimum atomic E-state index is 0. The van der Waals surface area contributed by atoms with Crippen LogP contribution in [0.15, 0.2) is 18.6 Å². The van der Waals surface area contributed by atoms with Crippen LogP contribution in [0.3, 0.4) is 0 Å². The maximum atomic E-state index is 5.68. The van der Waals surface area contributed by atoms with Gasteiger partial charge in [-0.2, -0.15) is 0 Å². The Morgan fingerprint density at radius 1 is 1.45 bits per heavy atom. The smallest absolute Gasteiger partial charge is 0.115 e. The van der Waals surface area contributed by atoms with E-state index in [2.05, 4.69) is 16.2 Å². The summed E-state index contributed by atoms with van der Waals surface area (Å²) in [6.07, 6.45) is 7.75. The molecular weight excluding hydrogens is 238 g/mol. The van der Waals surface area contributed by atoms with E-state index < -0.39 is 0 Å². The molecule has 0 saturated heterocycles. The fourth-order valence-corrected chi connectivity index (χ4v) is 0.961. The van der Waals surface area contributed by atoms with E-state index in [1.165, 1.54) is 0 Å². The van der Waals surface area contributed by atoms with Crippen molar-refractivity contribution in [2.45, 2.75) is 0 Å². The van der Waals surface area contributed by atoms with Crippen molar-refractivity contribution in [2.75, 3.05) is 0 Å². The van der Waals surface area contributed by atoms with Crippen molar-refractivity contribution in [2.24, 2.45) is 0 Å². The number of hydrogen-bond acceptors (Lipinski definition) is 2. The summed E-state index contributed by atoms with van der Waals surface area (Å²) in [6, 6.07) is 0. The minimum absolute atomic E-state index is 0. The number of aromatic nitrogens is 3. The molecule has 0 saturated carbocycles. The quantitative estimate of drug-likeness (QED) is 0.649. The zero-order valence-electron chi connectivity index (χ0n) is 5.53. The number of hydrogen-bond donors (Lipinski definition) is 0. The first-order chi connectivity index (χ1) is 4.88. The van der Waals surface area contributed by atoms with E-state index in [9.17, 15) is 0 Å². The Labute approximate surface area is 93.7 Å². The zero-order valence-corrected chi connectivity index (χ0v) is 9.12. The molecule has 0 aliphatic carbocycles. The van der Waals surface area contributed by atoms with Gasteiger partial charge in [-0.1, -0.05) is 24.0 Å². The molecule has 53 valence electrons. The van der Waals surface area contributed by atoms with Gasteiger partial charge in [-0.15, -0.1) is 0 Å². The average molecular weight is 241 g/mol. The van der Waals surface area contributed by atoms with Crippen LogP contribution in [0.25, 0.3) is 5.65 Å². The third kappa shape index (κ3) is 1.61. The van der Waals surface area contributed by atoms with Gasteiger partial charge in [0.15, 0.2) is 0 Å². The molecule has 0 atom stereocenters. The van der Waals surface area contributed by atoms with E-state index in [1.54, 1.807) is 23.0 Å². The Balaban J connectivity index is 0.000000605. The number of rotatable bonds is 0. The van der Waals surface area contributed by atoms with Gasteiger partial charge >= 0.3 is 0 Å². The molecule has 0 N–H and O–H groups in total. The summed E-state index contributed by atoms with van der Waals surface area (Å²) in [5.41, 5.74) is 0.643. The van der Waals surface area contributed by atoms with E-state index in [0.717, 1.165) is 0 Å². The molecular formula is C6H3ClN3Y-. The summed E-state index contributed by atoms with van der Waals surface area (Å²) in [5.74, 6) is 0. The first kappa shape index (κ1) is 9.10. The van der Waals surface area contributed by atoms with Crippen molar-refractivity contribution >= 4 is 17.2 Å². The fourth-order valence-electron chi connectivity index (χ4n) is 0.765. The van der Waals surface area contributed by atoms with Crippen LogP contribution in [0.1, 0.15) is 0 Å². The summed E-state index contributed by atoms with van der Waals surface area (Å²) in [7, 11) is 0. The molecule has 2 aromatic heterocycles. The van der Waals surface area contributed by atoms with Gasteiger partial charge in [0.1, 0.15) is 5.15 Å². The summed E-state index contributed by atoms with van der Waals surface area (Å²) in [6.45, 7) is 0. The van der Waals surface area contributed by atoms with E-state index in [0.29, 0.717) is 10.8 Å². The average Bonchev–Trinajstić information content (AvgIpc) is 2.36. The van der Waals surface area contributed by atoms with E-state index in [1.807, 2.05) is 0 Å². The molecule has 0 aliphatic rings. The molecule has 1 radical (unpaired) electrons. The normalized spacial score (nSPS) is 9.55. The Morgan fingerprint density at radius 2 is 2.27 bits per heavy atom. The van der Waals surface area contributed by atoms with Gasteiger partial charge in [0.2, 0.25) is 0 Å². The van der Waals surface area contributed by atoms with Crippen LogP contribution in [0.4, 0.5) is 0 Å². The van der Waals surface area contributed by atoms with Crippen molar-refractivity contribution < 1.29 is 32.7 Å². The summed E-state index contributed by atoms with van der Waals surface area (Å²) >= 11 is 5.68. The van der Waals surface area contributed by atoms with Crippen molar-refractivity contribution in [3.05, 3.63) is 29.9 Å². The minimum Gasteiger partial charge on any atom is -0.464 e. The predicted molar refractivity (Wildman–Crippen MR) is 36.8 cm³/mol. The second-order valence-electron chi connectivity index (χ2n) is 1.80. The topological polar surface area (TPSA) is 30.2 Å². The molecule has 0 spiro atoms. The summed E-state index contributed by atoms with van der Waals surface area (Å²) in [5, 5.41) is 0.406. The van der Waals surface area contributed by atoms with E-state index in [-0.39, 0.29) is 32.7 Å². The van der Waals surface area contributed by atoms with Gasteiger partial charge in [-0.25, -0.2) is 0 Å². The van der Waals surface area contributed by atoms with Crippen LogP contribution < -0.4 is 0 Å². The van der Waals surface area contributed by atoms with Crippen molar-refractivity contribution in [1.82, 2.24) is 14.4 Å². The first-order valence-electron chi connectivity index (χ1n) is 2.73. The molecule has 11 heavy (non-hydrogen) atoms. The maximum absolute atomic E-state index is 5.68. The molecule has 5 heteroatoms. The van der Waals surface area contributed by atoms with Gasteiger partial charge in [-0.05, 0) is 12.4 Å². The summed E-state index contributed by atoms with van der Waals surface area (Å²) in [4.78, 5) is 7.77. The van der Waals surface area contributed by atoms with Gasteiger partial charge in [0.05, 0.1) is 5.65 Å². The number of fused-ring (bicyclic) bond motifs is 1. The fraction of sp³-hybridized carbons (Fsp3) is 0. The molecule has 0 amide bonds. The predicted octanol–water partition coefficient (Wildman–Crippen LogP) is 1.18. The molecule has 2 aromatic rings. The van der Waals surface area contributed by atoms with Gasteiger partial charge in [0.25, 0.3) is 0 Å². The van der Waals surface area contributed by atoms with Crippen molar-refractivity contribution in [3.8, 4) is 0 Å². The standard InChI is InChI=1S/C6H3ClN3.Y/c7-5-6-9-2-4-10(6)3-1-8-5;/h1-3H;/q-1;. The molecule has 0 aliphatic heterocycles. The van der Waals surface area contributed by atoms with Crippen molar-refractivity contribution in [3.63, 3.8) is 0 Å². The third-order valence-electron chi connectivity index (χ3n) is 1.20. The zero-order chi connectivity index (χ0) is 6.97. The number of nitrogens with zero attached hydrogens (tertiary/aromatic N) is 3. The van der Waals surface area contributed by atoms with Crippen LogP contribution in [-0.4, -0.2) is 14.4 Å². The molecule has 0 fully saturated rings. The largest absolute Gasteiger partial charge is 0.464 e. The molecule has 3 nitrogen and oxygen atoms in total. The molecule has 0 aromatic carbocycles.